The summed E-state index contributed by atoms with van der Waals surface area (Å²) >= 11 is 0. The van der Waals surface area contributed by atoms with Crippen LogP contribution in [-0.4, -0.2) is 17.4 Å². The van der Waals surface area contributed by atoms with Crippen molar-refractivity contribution >= 4 is 11.8 Å². The SMILES string of the molecule is CC[C@]1(OC(C)=O)CC[C@@]2(C)[C@@H](CC[C@@H]3[C@H]4CCC(=O)[C@@]4(C)CC[C@@H]32)C1. The van der Waals surface area contributed by atoms with Crippen LogP contribution in [0.2, 0.25) is 0 Å². The molecule has 0 bridgehead atoms. The van der Waals surface area contributed by atoms with Crippen LogP contribution in [0.3, 0.4) is 0 Å². The Morgan fingerprint density at radius 1 is 1.08 bits per heavy atom. The first kappa shape index (κ1) is 18.5. The second-order valence-corrected chi connectivity index (χ2v) is 10.4. The normalized spacial score (nSPS) is 50.5. The largest absolute Gasteiger partial charge is 0.459 e. The summed E-state index contributed by atoms with van der Waals surface area (Å²) in [4.78, 5) is 24.2. The summed E-state index contributed by atoms with van der Waals surface area (Å²) in [5, 5.41) is 0. The van der Waals surface area contributed by atoms with Gasteiger partial charge in [0.25, 0.3) is 0 Å². The van der Waals surface area contributed by atoms with Crippen LogP contribution in [0.1, 0.15) is 91.9 Å². The van der Waals surface area contributed by atoms with Gasteiger partial charge in [0.15, 0.2) is 0 Å². The Hall–Kier alpha value is -0.860. The van der Waals surface area contributed by atoms with Gasteiger partial charge in [-0.2, -0.15) is 0 Å². The molecule has 0 aromatic carbocycles. The molecule has 4 saturated carbocycles. The Morgan fingerprint density at radius 3 is 2.54 bits per heavy atom. The number of esters is 1. The molecule has 146 valence electrons. The molecule has 0 saturated heterocycles. The number of hydrogen-bond donors (Lipinski definition) is 0. The van der Waals surface area contributed by atoms with Crippen LogP contribution in [0.5, 0.6) is 0 Å². The van der Waals surface area contributed by atoms with Gasteiger partial charge >= 0.3 is 5.97 Å². The molecule has 4 aliphatic rings. The van der Waals surface area contributed by atoms with Gasteiger partial charge in [-0.3, -0.25) is 9.59 Å². The number of carbonyl (C=O) groups excluding carboxylic acids is 2. The molecular formula is C23H36O3. The Kier molecular flexibility index (Phi) is 4.32. The molecule has 0 heterocycles. The molecule has 0 N–H and O–H groups in total. The third-order valence-electron chi connectivity index (χ3n) is 9.52. The van der Waals surface area contributed by atoms with Crippen molar-refractivity contribution in [2.24, 2.45) is 34.5 Å². The van der Waals surface area contributed by atoms with Crippen molar-refractivity contribution in [1.29, 1.82) is 0 Å². The van der Waals surface area contributed by atoms with Crippen LogP contribution in [0.15, 0.2) is 0 Å². The summed E-state index contributed by atoms with van der Waals surface area (Å²) in [5.74, 6) is 3.21. The molecule has 0 aliphatic heterocycles. The van der Waals surface area contributed by atoms with E-state index in [-0.39, 0.29) is 17.0 Å². The van der Waals surface area contributed by atoms with Crippen LogP contribution in [0, 0.1) is 34.5 Å². The minimum Gasteiger partial charge on any atom is -0.459 e. The topological polar surface area (TPSA) is 43.4 Å². The number of fused-ring (bicyclic) bond motifs is 5. The van der Waals surface area contributed by atoms with Crippen molar-refractivity contribution in [3.63, 3.8) is 0 Å². The monoisotopic (exact) mass is 360 g/mol. The van der Waals surface area contributed by atoms with Gasteiger partial charge in [0.2, 0.25) is 0 Å². The summed E-state index contributed by atoms with van der Waals surface area (Å²) in [7, 11) is 0. The van der Waals surface area contributed by atoms with Gasteiger partial charge in [0.05, 0.1) is 0 Å². The second kappa shape index (κ2) is 6.07. The number of carbonyl (C=O) groups is 2. The first-order valence-electron chi connectivity index (χ1n) is 11.0. The van der Waals surface area contributed by atoms with Gasteiger partial charge in [0.1, 0.15) is 11.4 Å². The van der Waals surface area contributed by atoms with Crippen LogP contribution in [0.25, 0.3) is 0 Å². The maximum absolute atomic E-state index is 12.5. The fourth-order valence-corrected chi connectivity index (χ4v) is 7.87. The highest BCUT2D eigenvalue weighted by atomic mass is 16.6. The van der Waals surface area contributed by atoms with E-state index in [1.165, 1.54) is 25.7 Å². The van der Waals surface area contributed by atoms with Crippen molar-refractivity contribution in [2.75, 3.05) is 0 Å². The van der Waals surface area contributed by atoms with E-state index in [4.69, 9.17) is 4.74 Å². The van der Waals surface area contributed by atoms with E-state index in [2.05, 4.69) is 20.8 Å². The molecule has 0 radical (unpaired) electrons. The molecule has 0 amide bonds. The standard InChI is InChI=1S/C23H36O3/c1-5-23(26-15(2)24)13-12-21(3)16(14-23)6-7-17-18-8-9-20(25)22(18,4)11-10-19(17)21/h16-19H,5-14H2,1-4H3/t16-,17+,18+,19-,21-,22-,23-/m0/s1. The Balaban J connectivity index is 1.58. The highest BCUT2D eigenvalue weighted by molar-refractivity contribution is 5.87. The quantitative estimate of drug-likeness (QED) is 0.627. The lowest BCUT2D eigenvalue weighted by Gasteiger charge is -2.61. The van der Waals surface area contributed by atoms with Gasteiger partial charge in [-0.05, 0) is 86.9 Å². The summed E-state index contributed by atoms with van der Waals surface area (Å²) in [6.07, 6.45) is 11.0. The molecule has 26 heavy (non-hydrogen) atoms. The van der Waals surface area contributed by atoms with E-state index in [1.807, 2.05) is 0 Å². The molecule has 3 heteroatoms. The molecular weight excluding hydrogens is 324 g/mol. The van der Waals surface area contributed by atoms with E-state index >= 15 is 0 Å². The van der Waals surface area contributed by atoms with Crippen molar-refractivity contribution in [1.82, 2.24) is 0 Å². The molecule has 4 aliphatic carbocycles. The maximum atomic E-state index is 12.5. The molecule has 3 nitrogen and oxygen atoms in total. The van der Waals surface area contributed by atoms with E-state index in [1.54, 1.807) is 6.92 Å². The number of Topliss-reactive ketones (excluding diaryl/α,β-unsaturated/α-hetero) is 1. The minimum absolute atomic E-state index is 0.0239. The van der Waals surface area contributed by atoms with Gasteiger partial charge in [-0.15, -0.1) is 0 Å². The summed E-state index contributed by atoms with van der Waals surface area (Å²) < 4.78 is 5.87. The number of ether oxygens (including phenoxy) is 1. The molecule has 0 aromatic rings. The third kappa shape index (κ3) is 2.52. The highest BCUT2D eigenvalue weighted by Crippen LogP contribution is 2.66. The zero-order valence-electron chi connectivity index (χ0n) is 17.1. The fourth-order valence-electron chi connectivity index (χ4n) is 7.87. The highest BCUT2D eigenvalue weighted by Gasteiger charge is 2.61. The number of hydrogen-bond acceptors (Lipinski definition) is 3. The smallest absolute Gasteiger partial charge is 0.303 e. The van der Waals surface area contributed by atoms with Crippen molar-refractivity contribution in [3.8, 4) is 0 Å². The van der Waals surface area contributed by atoms with Gasteiger partial charge in [-0.25, -0.2) is 0 Å². The van der Waals surface area contributed by atoms with Gasteiger partial charge in [0, 0.05) is 18.8 Å². The van der Waals surface area contributed by atoms with E-state index in [0.29, 0.717) is 23.0 Å². The lowest BCUT2D eigenvalue weighted by atomic mass is 9.44. The lowest BCUT2D eigenvalue weighted by Crippen LogP contribution is -2.56. The average molecular weight is 361 g/mol. The van der Waals surface area contributed by atoms with Crippen LogP contribution in [0.4, 0.5) is 0 Å². The Morgan fingerprint density at radius 2 is 1.85 bits per heavy atom. The van der Waals surface area contributed by atoms with E-state index in [0.717, 1.165) is 50.4 Å². The van der Waals surface area contributed by atoms with E-state index < -0.39 is 0 Å². The van der Waals surface area contributed by atoms with Crippen LogP contribution >= 0.6 is 0 Å². The fraction of sp³-hybridized carbons (Fsp3) is 0.913. The molecule has 0 spiro atoms. The number of ketones is 1. The first-order chi connectivity index (χ1) is 12.2. The average Bonchev–Trinajstić information content (AvgIpc) is 2.90. The maximum Gasteiger partial charge on any atom is 0.303 e. The lowest BCUT2D eigenvalue weighted by molar-refractivity contribution is -0.182. The Bertz CT molecular complexity index is 613. The first-order valence-corrected chi connectivity index (χ1v) is 11.0. The van der Waals surface area contributed by atoms with Crippen molar-refractivity contribution < 1.29 is 14.3 Å². The molecule has 0 aromatic heterocycles. The molecule has 4 fully saturated rings. The minimum atomic E-state index is -0.227. The van der Waals surface area contributed by atoms with Crippen molar-refractivity contribution in [3.05, 3.63) is 0 Å². The van der Waals surface area contributed by atoms with Crippen molar-refractivity contribution in [2.45, 2.75) is 97.5 Å². The molecule has 4 rings (SSSR count). The summed E-state index contributed by atoms with van der Waals surface area (Å²) in [5.41, 5.74) is 0.119. The van der Waals surface area contributed by atoms with Crippen LogP contribution in [-0.2, 0) is 14.3 Å². The molecule has 7 atom stereocenters. The van der Waals surface area contributed by atoms with E-state index in [9.17, 15) is 9.59 Å². The predicted molar refractivity (Wildman–Crippen MR) is 102 cm³/mol. The molecule has 0 unspecified atom stereocenters. The summed E-state index contributed by atoms with van der Waals surface area (Å²) in [6.45, 7) is 8.52. The number of rotatable bonds is 2. The predicted octanol–water partition coefficient (Wildman–Crippen LogP) is 5.31. The Labute approximate surface area is 158 Å². The third-order valence-corrected chi connectivity index (χ3v) is 9.52. The van der Waals surface area contributed by atoms with Crippen LogP contribution < -0.4 is 0 Å². The van der Waals surface area contributed by atoms with Gasteiger partial charge < -0.3 is 4.74 Å². The van der Waals surface area contributed by atoms with Gasteiger partial charge in [-0.1, -0.05) is 20.8 Å². The second-order valence-electron chi connectivity index (χ2n) is 10.4. The zero-order chi connectivity index (χ0) is 18.7. The summed E-state index contributed by atoms with van der Waals surface area (Å²) in [6, 6.07) is 0. The zero-order valence-corrected chi connectivity index (χ0v) is 17.1.